The molecule has 3 heterocycles. The number of nitrogen functional groups attached to an aromatic ring is 1. The second kappa shape index (κ2) is 7.05. The molecule has 0 aliphatic carbocycles. The summed E-state index contributed by atoms with van der Waals surface area (Å²) in [6.45, 7) is 0.319. The molecule has 1 aromatic carbocycles. The van der Waals surface area contributed by atoms with Crippen molar-refractivity contribution in [3.8, 4) is 29.5 Å². The minimum absolute atomic E-state index is 0.292. The molecule has 0 saturated heterocycles. The molecule has 4 aromatic rings. The van der Waals surface area contributed by atoms with Crippen molar-refractivity contribution in [2.24, 2.45) is 0 Å². The third-order valence-corrected chi connectivity index (χ3v) is 4.69. The SMILES string of the molecule is C#CCNc1nc(-n2cc(-c3ccc4ccccc4n3)cn2)nc(N)c1Br. The molecule has 0 amide bonds. The molecule has 7 nitrogen and oxygen atoms in total. The maximum atomic E-state index is 5.97. The Bertz CT molecular complexity index is 1180. The molecule has 3 aromatic heterocycles. The first-order valence-corrected chi connectivity index (χ1v) is 8.86. The van der Waals surface area contributed by atoms with E-state index in [1.807, 2.05) is 42.6 Å². The monoisotopic (exact) mass is 419 g/mol. The quantitative estimate of drug-likeness (QED) is 0.493. The topological polar surface area (TPSA) is 94.5 Å². The van der Waals surface area contributed by atoms with Crippen LogP contribution in [-0.4, -0.2) is 31.3 Å². The summed E-state index contributed by atoms with van der Waals surface area (Å²) in [5.74, 6) is 3.64. The lowest BCUT2D eigenvalue weighted by Gasteiger charge is -2.09. The number of anilines is 2. The third-order valence-electron chi connectivity index (χ3n) is 3.90. The van der Waals surface area contributed by atoms with Gasteiger partial charge in [-0.25, -0.2) is 9.67 Å². The summed E-state index contributed by atoms with van der Waals surface area (Å²) in [7, 11) is 0. The van der Waals surface area contributed by atoms with E-state index in [2.05, 4.69) is 47.2 Å². The molecule has 27 heavy (non-hydrogen) atoms. The summed E-state index contributed by atoms with van der Waals surface area (Å²) in [6.07, 6.45) is 8.82. The van der Waals surface area contributed by atoms with Crippen molar-refractivity contribution < 1.29 is 0 Å². The lowest BCUT2D eigenvalue weighted by Crippen LogP contribution is -2.10. The highest BCUT2D eigenvalue weighted by Crippen LogP contribution is 2.27. The Morgan fingerprint density at radius 3 is 2.85 bits per heavy atom. The number of halogens is 1. The van der Waals surface area contributed by atoms with Crippen LogP contribution in [0.5, 0.6) is 0 Å². The Morgan fingerprint density at radius 1 is 1.15 bits per heavy atom. The van der Waals surface area contributed by atoms with Crippen molar-refractivity contribution in [2.75, 3.05) is 17.6 Å². The average molecular weight is 420 g/mol. The van der Waals surface area contributed by atoms with Crippen LogP contribution in [0.2, 0.25) is 0 Å². The average Bonchev–Trinajstić information content (AvgIpc) is 3.19. The number of fused-ring (bicyclic) bond motifs is 1. The number of nitrogens with zero attached hydrogens (tertiary/aromatic N) is 5. The highest BCUT2D eigenvalue weighted by Gasteiger charge is 2.13. The van der Waals surface area contributed by atoms with Crippen LogP contribution in [0.3, 0.4) is 0 Å². The van der Waals surface area contributed by atoms with Crippen LogP contribution in [0.25, 0.3) is 28.1 Å². The van der Waals surface area contributed by atoms with Crippen LogP contribution in [0, 0.1) is 12.3 Å². The summed E-state index contributed by atoms with van der Waals surface area (Å²) >= 11 is 3.36. The summed E-state index contributed by atoms with van der Waals surface area (Å²) in [5, 5.41) is 8.44. The number of hydrogen-bond acceptors (Lipinski definition) is 6. The number of aromatic nitrogens is 5. The minimum atomic E-state index is 0.292. The first kappa shape index (κ1) is 17.0. The number of nitrogens with two attached hydrogens (primary N) is 1. The van der Waals surface area contributed by atoms with Gasteiger partial charge in [0, 0.05) is 17.1 Å². The van der Waals surface area contributed by atoms with Crippen LogP contribution in [-0.2, 0) is 0 Å². The summed E-state index contributed by atoms with van der Waals surface area (Å²) in [5.41, 5.74) is 8.56. The van der Waals surface area contributed by atoms with Crippen molar-refractivity contribution in [1.29, 1.82) is 0 Å². The standard InChI is InChI=1S/C19H14BrN7/c1-2-9-22-18-16(20)17(21)25-19(26-18)27-11-13(10-23-27)15-8-7-12-5-3-4-6-14(12)24-15/h1,3-8,10-11H,9H2,(H3,21,22,25,26). The van der Waals surface area contributed by atoms with Crippen molar-refractivity contribution in [3.05, 3.63) is 53.3 Å². The molecule has 0 radical (unpaired) electrons. The molecule has 0 aliphatic rings. The third kappa shape index (κ3) is 3.32. The van der Waals surface area contributed by atoms with E-state index in [9.17, 15) is 0 Å². The summed E-state index contributed by atoms with van der Waals surface area (Å²) < 4.78 is 2.11. The van der Waals surface area contributed by atoms with Crippen LogP contribution in [0.15, 0.2) is 53.3 Å². The molecule has 0 unspecified atom stereocenters. The van der Waals surface area contributed by atoms with Crippen LogP contribution >= 0.6 is 15.9 Å². The van der Waals surface area contributed by atoms with Gasteiger partial charge in [0.25, 0.3) is 5.95 Å². The van der Waals surface area contributed by atoms with E-state index in [0.29, 0.717) is 28.6 Å². The molecule has 0 spiro atoms. The summed E-state index contributed by atoms with van der Waals surface area (Å²) in [4.78, 5) is 13.4. The Labute approximate surface area is 163 Å². The van der Waals surface area contributed by atoms with Crippen molar-refractivity contribution in [2.45, 2.75) is 0 Å². The van der Waals surface area contributed by atoms with E-state index in [0.717, 1.165) is 22.2 Å². The van der Waals surface area contributed by atoms with Crippen molar-refractivity contribution >= 4 is 38.5 Å². The second-order valence-electron chi connectivity index (χ2n) is 5.69. The van der Waals surface area contributed by atoms with Crippen LogP contribution in [0.1, 0.15) is 0 Å². The highest BCUT2D eigenvalue weighted by atomic mass is 79.9. The number of benzene rings is 1. The maximum Gasteiger partial charge on any atom is 0.254 e. The van der Waals surface area contributed by atoms with Crippen LogP contribution in [0.4, 0.5) is 11.6 Å². The van der Waals surface area contributed by atoms with E-state index in [-0.39, 0.29) is 0 Å². The van der Waals surface area contributed by atoms with Gasteiger partial charge in [-0.1, -0.05) is 30.2 Å². The molecule has 0 fully saturated rings. The number of rotatable bonds is 4. The highest BCUT2D eigenvalue weighted by molar-refractivity contribution is 9.10. The molecule has 132 valence electrons. The molecule has 3 N–H and O–H groups in total. The van der Waals surface area contributed by atoms with Crippen LogP contribution < -0.4 is 11.1 Å². The van der Waals surface area contributed by atoms with Gasteiger partial charge in [-0.3, -0.25) is 0 Å². The molecule has 4 rings (SSSR count). The van der Waals surface area contributed by atoms with Gasteiger partial charge in [0.15, 0.2) is 0 Å². The fraction of sp³-hybridized carbons (Fsp3) is 0.0526. The van der Waals surface area contributed by atoms with E-state index in [4.69, 9.17) is 12.2 Å². The molecule has 0 atom stereocenters. The first-order chi connectivity index (χ1) is 13.2. The van der Waals surface area contributed by atoms with E-state index >= 15 is 0 Å². The fourth-order valence-corrected chi connectivity index (χ4v) is 2.92. The van der Waals surface area contributed by atoms with E-state index in [1.54, 1.807) is 10.9 Å². The Hall–Kier alpha value is -3.44. The minimum Gasteiger partial charge on any atom is -0.383 e. The maximum absolute atomic E-state index is 5.97. The molecule has 8 heteroatoms. The smallest absolute Gasteiger partial charge is 0.254 e. The van der Waals surface area contributed by atoms with Gasteiger partial charge in [0.1, 0.15) is 16.1 Å². The number of para-hydroxylation sites is 1. The molecule has 0 saturated carbocycles. The zero-order valence-electron chi connectivity index (χ0n) is 14.1. The Balaban J connectivity index is 1.71. The van der Waals surface area contributed by atoms with Gasteiger partial charge in [0.05, 0.1) is 24.0 Å². The number of terminal acetylenes is 1. The number of hydrogen-bond donors (Lipinski definition) is 2. The largest absolute Gasteiger partial charge is 0.383 e. The lowest BCUT2D eigenvalue weighted by atomic mass is 10.1. The predicted molar refractivity (Wildman–Crippen MR) is 109 cm³/mol. The zero-order chi connectivity index (χ0) is 18.8. The molecule has 0 bridgehead atoms. The normalized spacial score (nSPS) is 10.7. The summed E-state index contributed by atoms with van der Waals surface area (Å²) in [6, 6.07) is 11.9. The van der Waals surface area contributed by atoms with Gasteiger partial charge in [0.2, 0.25) is 0 Å². The van der Waals surface area contributed by atoms with Gasteiger partial charge in [-0.2, -0.15) is 15.1 Å². The fourth-order valence-electron chi connectivity index (χ4n) is 2.60. The Morgan fingerprint density at radius 2 is 2.00 bits per heavy atom. The molecular formula is C19H14BrN7. The van der Waals surface area contributed by atoms with Gasteiger partial charge in [-0.05, 0) is 28.1 Å². The van der Waals surface area contributed by atoms with Gasteiger partial charge < -0.3 is 11.1 Å². The Kier molecular flexibility index (Phi) is 4.44. The molecular weight excluding hydrogens is 406 g/mol. The van der Waals surface area contributed by atoms with E-state index < -0.39 is 0 Å². The molecule has 0 aliphatic heterocycles. The van der Waals surface area contributed by atoms with Crippen molar-refractivity contribution in [3.63, 3.8) is 0 Å². The number of nitrogens with one attached hydrogen (secondary N) is 1. The second-order valence-corrected chi connectivity index (χ2v) is 6.48. The lowest BCUT2D eigenvalue weighted by molar-refractivity contribution is 0.810. The van der Waals surface area contributed by atoms with E-state index in [1.165, 1.54) is 0 Å². The van der Waals surface area contributed by atoms with Crippen molar-refractivity contribution in [1.82, 2.24) is 24.7 Å². The first-order valence-electron chi connectivity index (χ1n) is 8.07. The zero-order valence-corrected chi connectivity index (χ0v) is 15.7. The number of pyridine rings is 1. The predicted octanol–water partition coefficient (Wildman–Crippen LogP) is 3.27. The van der Waals surface area contributed by atoms with Gasteiger partial charge >= 0.3 is 0 Å². The van der Waals surface area contributed by atoms with Gasteiger partial charge in [-0.15, -0.1) is 6.42 Å².